The number of carboxylic acids is 1. The number of carbonyl (C=O) groups excluding carboxylic acids is 2. The van der Waals surface area contributed by atoms with Crippen molar-refractivity contribution in [2.75, 3.05) is 12.8 Å². The van der Waals surface area contributed by atoms with Gasteiger partial charge in [0.15, 0.2) is 11.9 Å². The lowest BCUT2D eigenvalue weighted by molar-refractivity contribution is -0.126. The molecule has 0 saturated carbocycles. The molecular formula is C12H15N3O5. The molecule has 0 aromatic heterocycles. The highest BCUT2D eigenvalue weighted by Crippen LogP contribution is 2.27. The molecule has 1 aromatic rings. The monoisotopic (exact) mass is 281 g/mol. The molecule has 1 rings (SSSR count). The highest BCUT2D eigenvalue weighted by atomic mass is 16.5. The van der Waals surface area contributed by atoms with Crippen molar-refractivity contribution < 1.29 is 24.2 Å². The number of aromatic carboxylic acids is 1. The van der Waals surface area contributed by atoms with E-state index in [1.807, 2.05) is 5.32 Å². The Labute approximate surface area is 114 Å². The molecule has 1 unspecified atom stereocenters. The predicted octanol–water partition coefficient (Wildman–Crippen LogP) is 0.190. The maximum absolute atomic E-state index is 11.6. The van der Waals surface area contributed by atoms with E-state index in [9.17, 15) is 14.4 Å². The third kappa shape index (κ3) is 3.61. The van der Waals surface area contributed by atoms with Crippen molar-refractivity contribution in [3.8, 4) is 5.75 Å². The standard InChI is InChI=1S/C12H15N3O5/c1-6(10(16)15-12(19)14-2)20-9-7(11(17)18)4-3-5-8(9)13/h3-6H,13H2,1-2H3,(H,17,18)(H2,14,15,16,19). The van der Waals surface area contributed by atoms with Crippen LogP contribution < -0.4 is 21.1 Å². The summed E-state index contributed by atoms with van der Waals surface area (Å²) in [6, 6.07) is 3.52. The van der Waals surface area contributed by atoms with E-state index in [4.69, 9.17) is 15.6 Å². The van der Waals surface area contributed by atoms with Crippen LogP contribution in [0.2, 0.25) is 0 Å². The van der Waals surface area contributed by atoms with Gasteiger partial charge < -0.3 is 20.9 Å². The fourth-order valence-electron chi connectivity index (χ4n) is 1.36. The number of hydrogen-bond donors (Lipinski definition) is 4. The van der Waals surface area contributed by atoms with Gasteiger partial charge in [-0.15, -0.1) is 0 Å². The summed E-state index contributed by atoms with van der Waals surface area (Å²) in [5.41, 5.74) is 5.56. The topological polar surface area (TPSA) is 131 Å². The lowest BCUT2D eigenvalue weighted by Crippen LogP contribution is -2.44. The highest BCUT2D eigenvalue weighted by Gasteiger charge is 2.21. The summed E-state index contributed by atoms with van der Waals surface area (Å²) in [7, 11) is 1.35. The average Bonchev–Trinajstić information content (AvgIpc) is 2.40. The van der Waals surface area contributed by atoms with Crippen LogP contribution in [0, 0.1) is 0 Å². The van der Waals surface area contributed by atoms with Crippen molar-refractivity contribution in [3.63, 3.8) is 0 Å². The fourth-order valence-corrected chi connectivity index (χ4v) is 1.36. The third-order valence-corrected chi connectivity index (χ3v) is 2.40. The Hall–Kier alpha value is -2.77. The molecule has 0 bridgehead atoms. The van der Waals surface area contributed by atoms with Gasteiger partial charge in [-0.1, -0.05) is 6.07 Å². The number of hydrogen-bond acceptors (Lipinski definition) is 5. The van der Waals surface area contributed by atoms with Crippen molar-refractivity contribution >= 4 is 23.6 Å². The number of amides is 3. The molecule has 0 heterocycles. The van der Waals surface area contributed by atoms with Crippen molar-refractivity contribution in [1.29, 1.82) is 0 Å². The Balaban J connectivity index is 2.90. The van der Waals surface area contributed by atoms with Gasteiger partial charge in [-0.3, -0.25) is 10.1 Å². The minimum atomic E-state index is -1.23. The molecule has 0 aliphatic heterocycles. The molecule has 0 aliphatic rings. The van der Waals surface area contributed by atoms with Crippen molar-refractivity contribution in [2.45, 2.75) is 13.0 Å². The lowest BCUT2D eigenvalue weighted by Gasteiger charge is -2.17. The van der Waals surface area contributed by atoms with Crippen LogP contribution in [0.4, 0.5) is 10.5 Å². The number of benzene rings is 1. The predicted molar refractivity (Wildman–Crippen MR) is 70.5 cm³/mol. The van der Waals surface area contributed by atoms with Gasteiger partial charge in [-0.25, -0.2) is 9.59 Å². The van der Waals surface area contributed by atoms with E-state index in [0.717, 1.165) is 0 Å². The van der Waals surface area contributed by atoms with E-state index in [-0.39, 0.29) is 17.0 Å². The van der Waals surface area contributed by atoms with Crippen LogP contribution in [0.15, 0.2) is 18.2 Å². The van der Waals surface area contributed by atoms with Gasteiger partial charge in [0.05, 0.1) is 5.69 Å². The summed E-state index contributed by atoms with van der Waals surface area (Å²) >= 11 is 0. The average molecular weight is 281 g/mol. The molecular weight excluding hydrogens is 266 g/mol. The summed E-state index contributed by atoms with van der Waals surface area (Å²) in [6.45, 7) is 1.37. The number of imide groups is 1. The molecule has 0 saturated heterocycles. The van der Waals surface area contributed by atoms with E-state index < -0.39 is 24.0 Å². The zero-order chi connectivity index (χ0) is 15.3. The van der Waals surface area contributed by atoms with Crippen LogP contribution in [0.3, 0.4) is 0 Å². The minimum absolute atomic E-state index is 0.0875. The lowest BCUT2D eigenvalue weighted by atomic mass is 10.1. The van der Waals surface area contributed by atoms with E-state index in [1.165, 1.54) is 32.2 Å². The molecule has 1 atom stereocenters. The molecule has 0 radical (unpaired) electrons. The zero-order valence-electron chi connectivity index (χ0n) is 11.0. The van der Waals surface area contributed by atoms with Crippen LogP contribution in [0.25, 0.3) is 0 Å². The van der Waals surface area contributed by atoms with Crippen molar-refractivity contribution in [1.82, 2.24) is 10.6 Å². The van der Waals surface area contributed by atoms with E-state index >= 15 is 0 Å². The number of rotatable bonds is 4. The molecule has 0 fully saturated rings. The van der Waals surface area contributed by atoms with Crippen LogP contribution in [-0.2, 0) is 4.79 Å². The quantitative estimate of drug-likeness (QED) is 0.583. The first-order chi connectivity index (χ1) is 9.36. The molecule has 3 amide bonds. The van der Waals surface area contributed by atoms with E-state index in [1.54, 1.807) is 0 Å². The molecule has 20 heavy (non-hydrogen) atoms. The first-order valence-corrected chi connectivity index (χ1v) is 5.67. The van der Waals surface area contributed by atoms with Crippen LogP contribution in [0.1, 0.15) is 17.3 Å². The van der Waals surface area contributed by atoms with Crippen molar-refractivity contribution in [3.05, 3.63) is 23.8 Å². The Kier molecular flexibility index (Phi) is 4.90. The summed E-state index contributed by atoms with van der Waals surface area (Å²) in [5, 5.41) is 13.3. The normalized spacial score (nSPS) is 11.3. The summed E-state index contributed by atoms with van der Waals surface area (Å²) < 4.78 is 5.25. The zero-order valence-corrected chi connectivity index (χ0v) is 11.0. The molecule has 8 nitrogen and oxygen atoms in total. The second kappa shape index (κ2) is 6.41. The largest absolute Gasteiger partial charge is 0.478 e. The minimum Gasteiger partial charge on any atom is -0.478 e. The molecule has 1 aromatic carbocycles. The Morgan fingerprint density at radius 3 is 2.55 bits per heavy atom. The number of ether oxygens (including phenoxy) is 1. The van der Waals surface area contributed by atoms with Gasteiger partial charge >= 0.3 is 12.0 Å². The van der Waals surface area contributed by atoms with Crippen LogP contribution in [-0.4, -0.2) is 36.2 Å². The van der Waals surface area contributed by atoms with Gasteiger partial charge in [-0.2, -0.15) is 0 Å². The molecule has 8 heteroatoms. The number of nitrogen functional groups attached to an aromatic ring is 1. The summed E-state index contributed by atoms with van der Waals surface area (Å²) in [5.74, 6) is -2.06. The molecule has 5 N–H and O–H groups in total. The third-order valence-electron chi connectivity index (χ3n) is 2.40. The summed E-state index contributed by atoms with van der Waals surface area (Å²) in [6.07, 6.45) is -1.09. The molecule has 0 aliphatic carbocycles. The maximum atomic E-state index is 11.6. The number of nitrogens with two attached hydrogens (primary N) is 1. The van der Waals surface area contributed by atoms with Gasteiger partial charge in [0.2, 0.25) is 0 Å². The maximum Gasteiger partial charge on any atom is 0.339 e. The molecule has 0 spiro atoms. The molecule has 108 valence electrons. The first-order valence-electron chi connectivity index (χ1n) is 5.67. The SMILES string of the molecule is CNC(=O)NC(=O)C(C)Oc1c(N)cccc1C(=O)O. The first kappa shape index (κ1) is 15.3. The number of nitrogens with one attached hydrogen (secondary N) is 2. The smallest absolute Gasteiger partial charge is 0.339 e. The highest BCUT2D eigenvalue weighted by molar-refractivity contribution is 5.97. The Morgan fingerprint density at radius 2 is 2.00 bits per heavy atom. The van der Waals surface area contributed by atoms with E-state index in [0.29, 0.717) is 0 Å². The fraction of sp³-hybridized carbons (Fsp3) is 0.250. The number of carbonyl (C=O) groups is 3. The van der Waals surface area contributed by atoms with E-state index in [2.05, 4.69) is 5.32 Å². The van der Waals surface area contributed by atoms with Gasteiger partial charge in [0.1, 0.15) is 5.56 Å². The van der Waals surface area contributed by atoms with Gasteiger partial charge in [0, 0.05) is 7.05 Å². The van der Waals surface area contributed by atoms with Crippen LogP contribution >= 0.6 is 0 Å². The number of anilines is 1. The van der Waals surface area contributed by atoms with Crippen LogP contribution in [0.5, 0.6) is 5.75 Å². The second-order valence-electron chi connectivity index (χ2n) is 3.86. The van der Waals surface area contributed by atoms with Gasteiger partial charge in [-0.05, 0) is 19.1 Å². The summed E-state index contributed by atoms with van der Waals surface area (Å²) in [4.78, 5) is 33.7. The number of urea groups is 1. The number of carboxylic acid groups (broad SMARTS) is 1. The van der Waals surface area contributed by atoms with Crippen molar-refractivity contribution in [2.24, 2.45) is 0 Å². The van der Waals surface area contributed by atoms with Gasteiger partial charge in [0.25, 0.3) is 5.91 Å². The Bertz CT molecular complexity index is 544. The Morgan fingerprint density at radius 1 is 1.35 bits per heavy atom. The number of para-hydroxylation sites is 1. The second-order valence-corrected chi connectivity index (χ2v) is 3.86.